The molecule has 0 bridgehead atoms. The highest BCUT2D eigenvalue weighted by Crippen LogP contribution is 2.24. The van der Waals surface area contributed by atoms with E-state index in [1.165, 1.54) is 19.3 Å². The highest BCUT2D eigenvalue weighted by atomic mass is 79.9. The Balaban J connectivity index is 2.23. The van der Waals surface area contributed by atoms with Crippen LogP contribution >= 0.6 is 31.9 Å². The van der Waals surface area contributed by atoms with E-state index in [2.05, 4.69) is 31.9 Å². The van der Waals surface area contributed by atoms with Crippen LogP contribution in [0, 0.1) is 0 Å². The van der Waals surface area contributed by atoms with Gasteiger partial charge < -0.3 is 4.74 Å². The highest BCUT2D eigenvalue weighted by molar-refractivity contribution is 9.24. The molecule has 1 saturated heterocycles. The maximum atomic E-state index is 5.45. The van der Waals surface area contributed by atoms with E-state index in [1.54, 1.807) is 0 Å². The molecule has 0 aromatic carbocycles. The SMILES string of the molecule is BrC(Br)C1CCCCO1. The van der Waals surface area contributed by atoms with Crippen LogP contribution in [-0.2, 0) is 4.74 Å². The molecule has 0 aromatic rings. The maximum absolute atomic E-state index is 5.45. The smallest absolute Gasteiger partial charge is 0.0958 e. The van der Waals surface area contributed by atoms with Crippen LogP contribution in [0.4, 0.5) is 0 Å². The van der Waals surface area contributed by atoms with Crippen molar-refractivity contribution >= 4 is 31.9 Å². The van der Waals surface area contributed by atoms with Crippen molar-refractivity contribution in [3.63, 3.8) is 0 Å². The molecule has 1 rings (SSSR count). The summed E-state index contributed by atoms with van der Waals surface area (Å²) in [5.74, 6) is 0. The molecule has 3 heteroatoms. The van der Waals surface area contributed by atoms with Gasteiger partial charge in [0.25, 0.3) is 0 Å². The van der Waals surface area contributed by atoms with E-state index in [4.69, 9.17) is 4.74 Å². The van der Waals surface area contributed by atoms with Gasteiger partial charge in [-0.25, -0.2) is 0 Å². The van der Waals surface area contributed by atoms with Crippen molar-refractivity contribution in [1.82, 2.24) is 0 Å². The first kappa shape index (κ1) is 8.02. The van der Waals surface area contributed by atoms with Crippen LogP contribution in [0.1, 0.15) is 19.3 Å². The van der Waals surface area contributed by atoms with E-state index in [-0.39, 0.29) is 0 Å². The third-order valence-corrected chi connectivity index (χ3v) is 2.68. The van der Waals surface area contributed by atoms with Crippen molar-refractivity contribution < 1.29 is 4.74 Å². The second kappa shape index (κ2) is 3.94. The lowest BCUT2D eigenvalue weighted by atomic mass is 10.1. The summed E-state index contributed by atoms with van der Waals surface area (Å²) in [6.45, 7) is 0.929. The first-order valence-corrected chi connectivity index (χ1v) is 5.03. The number of hydrogen-bond donors (Lipinski definition) is 0. The number of ether oxygens (including phenoxy) is 1. The molecular weight excluding hydrogens is 248 g/mol. The number of rotatable bonds is 1. The zero-order valence-corrected chi connectivity index (χ0v) is 8.32. The van der Waals surface area contributed by atoms with E-state index in [0.717, 1.165) is 6.61 Å². The number of alkyl halides is 2. The van der Waals surface area contributed by atoms with Gasteiger partial charge in [0.2, 0.25) is 0 Å². The summed E-state index contributed by atoms with van der Waals surface area (Å²) in [4.78, 5) is 0. The molecule has 1 unspecified atom stereocenters. The molecule has 0 spiro atoms. The van der Waals surface area contributed by atoms with E-state index >= 15 is 0 Å². The molecule has 0 saturated carbocycles. The molecular formula is C6H10Br2O. The molecule has 0 N–H and O–H groups in total. The standard InChI is InChI=1S/C6H10Br2O/c7-6(8)5-3-1-2-4-9-5/h5-6H,1-4H2. The fourth-order valence-corrected chi connectivity index (χ4v) is 1.80. The zero-order valence-electron chi connectivity index (χ0n) is 5.15. The fourth-order valence-electron chi connectivity index (χ4n) is 0.964. The molecule has 9 heavy (non-hydrogen) atoms. The van der Waals surface area contributed by atoms with Crippen LogP contribution in [0.5, 0.6) is 0 Å². The first-order valence-electron chi connectivity index (χ1n) is 3.20. The van der Waals surface area contributed by atoms with Crippen molar-refractivity contribution in [2.75, 3.05) is 6.61 Å². The second-order valence-corrected chi connectivity index (χ2v) is 5.44. The van der Waals surface area contributed by atoms with Gasteiger partial charge in [-0.1, -0.05) is 31.9 Å². The van der Waals surface area contributed by atoms with Gasteiger partial charge >= 0.3 is 0 Å². The molecule has 1 fully saturated rings. The minimum absolute atomic E-state index is 0.338. The average molecular weight is 258 g/mol. The molecule has 1 heterocycles. The van der Waals surface area contributed by atoms with Gasteiger partial charge in [-0.05, 0) is 19.3 Å². The first-order chi connectivity index (χ1) is 4.30. The van der Waals surface area contributed by atoms with Gasteiger partial charge in [-0.3, -0.25) is 0 Å². The van der Waals surface area contributed by atoms with Crippen LogP contribution in [0.25, 0.3) is 0 Å². The van der Waals surface area contributed by atoms with Gasteiger partial charge in [-0.15, -0.1) is 0 Å². The van der Waals surface area contributed by atoms with Crippen molar-refractivity contribution in [3.8, 4) is 0 Å². The maximum Gasteiger partial charge on any atom is 0.0958 e. The lowest BCUT2D eigenvalue weighted by Crippen LogP contribution is -2.24. The average Bonchev–Trinajstić information content (AvgIpc) is 1.90. The zero-order chi connectivity index (χ0) is 6.69. The van der Waals surface area contributed by atoms with Crippen LogP contribution in [0.2, 0.25) is 0 Å². The normalized spacial score (nSPS) is 29.0. The Morgan fingerprint density at radius 3 is 2.44 bits per heavy atom. The van der Waals surface area contributed by atoms with Crippen LogP contribution < -0.4 is 0 Å². The van der Waals surface area contributed by atoms with Crippen molar-refractivity contribution in [1.29, 1.82) is 0 Å². The molecule has 1 aliphatic heterocycles. The summed E-state index contributed by atoms with van der Waals surface area (Å²) in [6.07, 6.45) is 4.10. The van der Waals surface area contributed by atoms with Crippen LogP contribution in [-0.4, -0.2) is 16.4 Å². The highest BCUT2D eigenvalue weighted by Gasteiger charge is 2.18. The largest absolute Gasteiger partial charge is 0.376 e. The summed E-state index contributed by atoms with van der Waals surface area (Å²) < 4.78 is 5.78. The Hall–Kier alpha value is 0.920. The van der Waals surface area contributed by atoms with Gasteiger partial charge in [0.05, 0.1) is 9.84 Å². The molecule has 54 valence electrons. The van der Waals surface area contributed by atoms with Gasteiger partial charge in [-0.2, -0.15) is 0 Å². The molecule has 1 nitrogen and oxygen atoms in total. The predicted molar refractivity (Wildman–Crippen MR) is 45.2 cm³/mol. The Kier molecular flexibility index (Phi) is 3.51. The monoisotopic (exact) mass is 256 g/mol. The van der Waals surface area contributed by atoms with Crippen LogP contribution in [0.15, 0.2) is 0 Å². The Labute approximate surface area is 72.4 Å². The molecule has 0 radical (unpaired) electrons. The third-order valence-electron chi connectivity index (χ3n) is 1.50. The van der Waals surface area contributed by atoms with Crippen molar-refractivity contribution in [3.05, 3.63) is 0 Å². The quantitative estimate of drug-likeness (QED) is 0.657. The second-order valence-electron chi connectivity index (χ2n) is 2.24. The summed E-state index contributed by atoms with van der Waals surface area (Å²) in [5.41, 5.74) is 0. The summed E-state index contributed by atoms with van der Waals surface area (Å²) in [7, 11) is 0. The lowest BCUT2D eigenvalue weighted by molar-refractivity contribution is 0.0286. The molecule has 0 aliphatic carbocycles. The van der Waals surface area contributed by atoms with Gasteiger partial charge in [0, 0.05) is 6.61 Å². The topological polar surface area (TPSA) is 9.23 Å². The predicted octanol–water partition coefficient (Wildman–Crippen LogP) is 2.67. The molecule has 0 amide bonds. The third kappa shape index (κ3) is 2.56. The van der Waals surface area contributed by atoms with Crippen molar-refractivity contribution in [2.24, 2.45) is 0 Å². The van der Waals surface area contributed by atoms with E-state index in [1.807, 2.05) is 0 Å². The molecule has 1 atom stereocenters. The van der Waals surface area contributed by atoms with Gasteiger partial charge in [0.15, 0.2) is 0 Å². The Morgan fingerprint density at radius 2 is 2.11 bits per heavy atom. The van der Waals surface area contributed by atoms with E-state index in [9.17, 15) is 0 Å². The summed E-state index contributed by atoms with van der Waals surface area (Å²) >= 11 is 6.86. The molecule has 0 aromatic heterocycles. The molecule has 1 aliphatic rings. The Morgan fingerprint density at radius 1 is 1.33 bits per heavy atom. The lowest BCUT2D eigenvalue weighted by Gasteiger charge is -2.23. The van der Waals surface area contributed by atoms with E-state index < -0.39 is 0 Å². The minimum atomic E-state index is 0.338. The number of hydrogen-bond acceptors (Lipinski definition) is 1. The van der Waals surface area contributed by atoms with Crippen molar-refractivity contribution in [2.45, 2.75) is 29.1 Å². The summed E-state index contributed by atoms with van der Waals surface area (Å²) in [6, 6.07) is 0. The fraction of sp³-hybridized carbons (Fsp3) is 1.00. The minimum Gasteiger partial charge on any atom is -0.376 e. The Bertz CT molecular complexity index is 79.1. The van der Waals surface area contributed by atoms with Crippen LogP contribution in [0.3, 0.4) is 0 Å². The number of halogens is 2. The van der Waals surface area contributed by atoms with E-state index in [0.29, 0.717) is 9.84 Å². The summed E-state index contributed by atoms with van der Waals surface area (Å²) in [5, 5.41) is 0. The van der Waals surface area contributed by atoms with Gasteiger partial charge in [0.1, 0.15) is 0 Å².